The molecular weight excluding hydrogens is 269 g/mol. The monoisotopic (exact) mass is 287 g/mol. The molecule has 0 saturated heterocycles. The Morgan fingerprint density at radius 2 is 2.05 bits per heavy atom. The van der Waals surface area contributed by atoms with Crippen LogP contribution in [0.2, 0.25) is 0 Å². The predicted octanol–water partition coefficient (Wildman–Crippen LogP) is 2.93. The van der Waals surface area contributed by atoms with Crippen molar-refractivity contribution in [3.05, 3.63) is 35.9 Å². The molecule has 1 fully saturated rings. The topological polar surface area (TPSA) is 39.9 Å². The molecule has 1 aliphatic heterocycles. The van der Waals surface area contributed by atoms with E-state index in [0.29, 0.717) is 13.2 Å². The van der Waals surface area contributed by atoms with E-state index in [1.54, 1.807) is 6.07 Å². The highest BCUT2D eigenvalue weighted by Crippen LogP contribution is 2.41. The van der Waals surface area contributed by atoms with Gasteiger partial charge in [-0.3, -0.25) is 0 Å². The second-order valence-electron chi connectivity index (χ2n) is 6.02. The van der Waals surface area contributed by atoms with E-state index in [4.69, 9.17) is 4.74 Å². The van der Waals surface area contributed by atoms with Crippen LogP contribution in [0.3, 0.4) is 0 Å². The standard InChI is InChI=1S/C16H18FN3O/c17-13-5-3-4-12(10-13)15-19-18-14-6-9-21-11-16(20(14)15)7-1-2-8-16/h3-5,10H,1-2,6-9,11H2. The number of halogens is 1. The Hall–Kier alpha value is -1.75. The maximum absolute atomic E-state index is 13.6. The Kier molecular flexibility index (Phi) is 3.03. The number of rotatable bonds is 1. The maximum Gasteiger partial charge on any atom is 0.164 e. The Labute approximate surface area is 123 Å². The fourth-order valence-electron chi connectivity index (χ4n) is 3.68. The van der Waals surface area contributed by atoms with Crippen molar-refractivity contribution in [3.63, 3.8) is 0 Å². The molecule has 5 heteroatoms. The number of aromatic nitrogens is 3. The van der Waals surface area contributed by atoms with Gasteiger partial charge in [0.25, 0.3) is 0 Å². The van der Waals surface area contributed by atoms with Gasteiger partial charge in [0.1, 0.15) is 11.6 Å². The number of hydrogen-bond donors (Lipinski definition) is 0. The van der Waals surface area contributed by atoms with Crippen molar-refractivity contribution in [2.24, 2.45) is 0 Å². The average Bonchev–Trinajstić information content (AvgIpc) is 3.07. The molecule has 0 atom stereocenters. The van der Waals surface area contributed by atoms with E-state index in [2.05, 4.69) is 14.8 Å². The zero-order valence-corrected chi connectivity index (χ0v) is 11.9. The van der Waals surface area contributed by atoms with Crippen molar-refractivity contribution in [2.45, 2.75) is 37.6 Å². The molecule has 2 aliphatic rings. The molecule has 0 N–H and O–H groups in total. The highest BCUT2D eigenvalue weighted by Gasteiger charge is 2.41. The van der Waals surface area contributed by atoms with Gasteiger partial charge in [0.05, 0.1) is 18.8 Å². The van der Waals surface area contributed by atoms with Crippen LogP contribution in [-0.2, 0) is 16.7 Å². The average molecular weight is 287 g/mol. The number of benzene rings is 1. The van der Waals surface area contributed by atoms with Crippen molar-refractivity contribution >= 4 is 0 Å². The molecule has 1 aromatic heterocycles. The summed E-state index contributed by atoms with van der Waals surface area (Å²) in [5.74, 6) is 1.50. The van der Waals surface area contributed by atoms with Gasteiger partial charge < -0.3 is 9.30 Å². The van der Waals surface area contributed by atoms with Gasteiger partial charge in [-0.25, -0.2) is 4.39 Å². The van der Waals surface area contributed by atoms with Crippen LogP contribution in [0.15, 0.2) is 24.3 Å². The first-order chi connectivity index (χ1) is 10.3. The molecule has 110 valence electrons. The van der Waals surface area contributed by atoms with Crippen LogP contribution < -0.4 is 0 Å². The summed E-state index contributed by atoms with van der Waals surface area (Å²) in [6.45, 7) is 1.39. The van der Waals surface area contributed by atoms with E-state index in [-0.39, 0.29) is 11.4 Å². The molecule has 1 saturated carbocycles. The van der Waals surface area contributed by atoms with E-state index in [0.717, 1.165) is 36.5 Å². The van der Waals surface area contributed by atoms with E-state index < -0.39 is 0 Å². The minimum Gasteiger partial charge on any atom is -0.379 e. The van der Waals surface area contributed by atoms with E-state index in [1.165, 1.54) is 25.0 Å². The lowest BCUT2D eigenvalue weighted by molar-refractivity contribution is 0.0691. The van der Waals surface area contributed by atoms with Gasteiger partial charge in [0, 0.05) is 12.0 Å². The van der Waals surface area contributed by atoms with Crippen LogP contribution in [0.4, 0.5) is 4.39 Å². The number of ether oxygens (including phenoxy) is 1. The third-order valence-electron chi connectivity index (χ3n) is 4.66. The van der Waals surface area contributed by atoms with Gasteiger partial charge in [0.15, 0.2) is 5.82 Å². The van der Waals surface area contributed by atoms with Gasteiger partial charge >= 0.3 is 0 Å². The summed E-state index contributed by atoms with van der Waals surface area (Å²) >= 11 is 0. The molecule has 4 rings (SSSR count). The van der Waals surface area contributed by atoms with Gasteiger partial charge in [-0.1, -0.05) is 25.0 Å². The van der Waals surface area contributed by atoms with Crippen LogP contribution in [0.5, 0.6) is 0 Å². The minimum absolute atomic E-state index is 0.0447. The normalized spacial score (nSPS) is 20.4. The third-order valence-corrected chi connectivity index (χ3v) is 4.66. The lowest BCUT2D eigenvalue weighted by atomic mass is 9.97. The Morgan fingerprint density at radius 3 is 2.86 bits per heavy atom. The molecule has 1 spiro atoms. The van der Waals surface area contributed by atoms with Gasteiger partial charge in [0.2, 0.25) is 0 Å². The SMILES string of the molecule is Fc1cccc(-c2nnc3n2C2(CCCC2)COCC3)c1. The summed E-state index contributed by atoms with van der Waals surface area (Å²) in [4.78, 5) is 0. The highest BCUT2D eigenvalue weighted by atomic mass is 19.1. The lowest BCUT2D eigenvalue weighted by Crippen LogP contribution is -2.35. The summed E-state index contributed by atoms with van der Waals surface area (Å²) < 4.78 is 21.6. The predicted molar refractivity (Wildman–Crippen MR) is 76.4 cm³/mol. The van der Waals surface area contributed by atoms with Crippen LogP contribution in [0.25, 0.3) is 11.4 Å². The summed E-state index contributed by atoms with van der Waals surface area (Å²) in [5, 5.41) is 8.71. The summed E-state index contributed by atoms with van der Waals surface area (Å²) in [6.07, 6.45) is 5.33. The van der Waals surface area contributed by atoms with E-state index in [9.17, 15) is 4.39 Å². The molecule has 0 radical (unpaired) electrons. The van der Waals surface area contributed by atoms with E-state index >= 15 is 0 Å². The molecule has 4 nitrogen and oxygen atoms in total. The largest absolute Gasteiger partial charge is 0.379 e. The van der Waals surface area contributed by atoms with Crippen LogP contribution in [0.1, 0.15) is 31.5 Å². The number of fused-ring (bicyclic) bond motifs is 2. The summed E-state index contributed by atoms with van der Waals surface area (Å²) in [7, 11) is 0. The molecular formula is C16H18FN3O. The van der Waals surface area contributed by atoms with Crippen molar-refractivity contribution in [2.75, 3.05) is 13.2 Å². The lowest BCUT2D eigenvalue weighted by Gasteiger charge is -2.31. The van der Waals surface area contributed by atoms with Crippen molar-refractivity contribution in [1.29, 1.82) is 0 Å². The minimum atomic E-state index is -0.241. The number of hydrogen-bond acceptors (Lipinski definition) is 3. The van der Waals surface area contributed by atoms with Crippen LogP contribution >= 0.6 is 0 Å². The molecule has 0 amide bonds. The van der Waals surface area contributed by atoms with E-state index in [1.807, 2.05) is 6.07 Å². The Bertz CT molecular complexity index is 661. The van der Waals surface area contributed by atoms with Gasteiger partial charge in [-0.2, -0.15) is 0 Å². The molecule has 2 heterocycles. The highest BCUT2D eigenvalue weighted by molar-refractivity contribution is 5.56. The zero-order chi connectivity index (χ0) is 14.3. The Balaban J connectivity index is 1.89. The van der Waals surface area contributed by atoms with Crippen LogP contribution in [0, 0.1) is 5.82 Å². The first-order valence-electron chi connectivity index (χ1n) is 7.57. The second-order valence-corrected chi connectivity index (χ2v) is 6.02. The summed E-state index contributed by atoms with van der Waals surface area (Å²) in [5.41, 5.74) is 0.749. The van der Waals surface area contributed by atoms with Crippen LogP contribution in [-0.4, -0.2) is 28.0 Å². The first kappa shape index (κ1) is 13.0. The molecule has 0 bridgehead atoms. The number of nitrogens with zero attached hydrogens (tertiary/aromatic N) is 3. The quantitative estimate of drug-likeness (QED) is 0.809. The Morgan fingerprint density at radius 1 is 1.19 bits per heavy atom. The van der Waals surface area contributed by atoms with Gasteiger partial charge in [-0.15, -0.1) is 10.2 Å². The van der Waals surface area contributed by atoms with Crippen molar-refractivity contribution in [1.82, 2.24) is 14.8 Å². The smallest absolute Gasteiger partial charge is 0.164 e. The fraction of sp³-hybridized carbons (Fsp3) is 0.500. The van der Waals surface area contributed by atoms with Crippen molar-refractivity contribution in [3.8, 4) is 11.4 Å². The molecule has 0 unspecified atom stereocenters. The zero-order valence-electron chi connectivity index (χ0n) is 11.9. The van der Waals surface area contributed by atoms with Crippen molar-refractivity contribution < 1.29 is 9.13 Å². The molecule has 1 aliphatic carbocycles. The molecule has 1 aromatic carbocycles. The molecule has 2 aromatic rings. The molecule has 21 heavy (non-hydrogen) atoms. The maximum atomic E-state index is 13.6. The first-order valence-corrected chi connectivity index (χ1v) is 7.57. The third kappa shape index (κ3) is 2.07. The van der Waals surface area contributed by atoms with Gasteiger partial charge in [-0.05, 0) is 25.0 Å². The summed E-state index contributed by atoms with van der Waals surface area (Å²) in [6, 6.07) is 6.61. The second kappa shape index (κ2) is 4.91. The fourth-order valence-corrected chi connectivity index (χ4v) is 3.68.